The van der Waals surface area contributed by atoms with E-state index in [1.54, 1.807) is 25.2 Å². The molecule has 0 aliphatic carbocycles. The van der Waals surface area contributed by atoms with E-state index >= 15 is 0 Å². The highest BCUT2D eigenvalue weighted by Gasteiger charge is 2.17. The van der Waals surface area contributed by atoms with Gasteiger partial charge in [-0.3, -0.25) is 5.41 Å². The van der Waals surface area contributed by atoms with Crippen molar-refractivity contribution >= 4 is 15.9 Å². The molecule has 0 unspecified atom stereocenters. The highest BCUT2D eigenvalue weighted by Crippen LogP contribution is 2.11. The van der Waals surface area contributed by atoms with Gasteiger partial charge in [-0.2, -0.15) is 0 Å². The molecule has 0 saturated heterocycles. The zero-order valence-corrected chi connectivity index (χ0v) is 12.2. The molecule has 0 saturated carbocycles. The molecular weight excluding hydrogens is 262 g/mol. The number of unbranched alkanes of at least 4 members (excludes halogenated alkanes) is 1. The molecule has 0 radical (unpaired) electrons. The smallest absolute Gasteiger partial charge is 0.214 e. The van der Waals surface area contributed by atoms with Crippen LogP contribution in [0.25, 0.3) is 0 Å². The van der Waals surface area contributed by atoms with Crippen molar-refractivity contribution < 1.29 is 8.42 Å². The average Bonchev–Trinajstić information content (AvgIpc) is 2.36. The van der Waals surface area contributed by atoms with Crippen molar-refractivity contribution in [3.8, 4) is 0 Å². The summed E-state index contributed by atoms with van der Waals surface area (Å²) in [6, 6.07) is 7.09. The first kappa shape index (κ1) is 15.7. The van der Waals surface area contributed by atoms with E-state index in [2.05, 4.69) is 0 Å². The molecule has 6 heteroatoms. The molecule has 0 fully saturated rings. The van der Waals surface area contributed by atoms with Gasteiger partial charge in [0.15, 0.2) is 0 Å². The topological polar surface area (TPSA) is 87.2 Å². The van der Waals surface area contributed by atoms with Crippen molar-refractivity contribution in [1.29, 1.82) is 5.41 Å². The highest BCUT2D eigenvalue weighted by atomic mass is 32.2. The molecule has 0 heterocycles. The predicted molar refractivity (Wildman–Crippen MR) is 77.6 cm³/mol. The van der Waals surface area contributed by atoms with E-state index in [-0.39, 0.29) is 11.6 Å². The Morgan fingerprint density at radius 3 is 2.68 bits per heavy atom. The molecule has 0 spiro atoms. The van der Waals surface area contributed by atoms with Gasteiger partial charge in [0.2, 0.25) is 10.0 Å². The van der Waals surface area contributed by atoms with Crippen LogP contribution in [0.15, 0.2) is 24.3 Å². The molecule has 0 aliphatic heterocycles. The normalized spacial score (nSPS) is 11.7. The Hall–Kier alpha value is -1.40. The molecule has 0 amide bonds. The van der Waals surface area contributed by atoms with Crippen LogP contribution in [0.5, 0.6) is 0 Å². The fourth-order valence-electron chi connectivity index (χ4n) is 1.68. The molecule has 0 atom stereocenters. The van der Waals surface area contributed by atoms with Gasteiger partial charge in [0.05, 0.1) is 5.75 Å². The summed E-state index contributed by atoms with van der Waals surface area (Å²) in [5.74, 6) is 0.158. The second kappa shape index (κ2) is 6.68. The van der Waals surface area contributed by atoms with Crippen LogP contribution >= 0.6 is 0 Å². The lowest BCUT2D eigenvalue weighted by Crippen LogP contribution is -2.28. The van der Waals surface area contributed by atoms with Gasteiger partial charge in [-0.25, -0.2) is 12.7 Å². The van der Waals surface area contributed by atoms with E-state index < -0.39 is 10.0 Å². The zero-order valence-electron chi connectivity index (χ0n) is 11.4. The second-order valence-corrected chi connectivity index (χ2v) is 6.74. The van der Waals surface area contributed by atoms with Crippen LogP contribution in [0.4, 0.5) is 0 Å². The summed E-state index contributed by atoms with van der Waals surface area (Å²) >= 11 is 0. The largest absolute Gasteiger partial charge is 0.384 e. The molecule has 0 aliphatic rings. The third kappa shape index (κ3) is 4.65. The quantitative estimate of drug-likeness (QED) is 0.587. The summed E-state index contributed by atoms with van der Waals surface area (Å²) < 4.78 is 25.3. The van der Waals surface area contributed by atoms with Gasteiger partial charge < -0.3 is 5.73 Å². The number of rotatable bonds is 7. The van der Waals surface area contributed by atoms with Crippen molar-refractivity contribution in [2.24, 2.45) is 5.73 Å². The Balaban J connectivity index is 2.79. The number of nitrogens with zero attached hydrogens (tertiary/aromatic N) is 1. The van der Waals surface area contributed by atoms with Crippen LogP contribution in [0, 0.1) is 5.41 Å². The standard InChI is InChI=1S/C13H21N3O2S/c1-3-4-8-19(17,18)16(2)10-11-6-5-7-12(9-11)13(14)15/h5-7,9H,3-4,8,10H2,1-2H3,(H3,14,15). The Labute approximate surface area is 115 Å². The van der Waals surface area contributed by atoms with Crippen LogP contribution in [0.2, 0.25) is 0 Å². The van der Waals surface area contributed by atoms with E-state index in [0.717, 1.165) is 12.0 Å². The average molecular weight is 283 g/mol. The van der Waals surface area contributed by atoms with Gasteiger partial charge in [-0.1, -0.05) is 31.5 Å². The monoisotopic (exact) mass is 283 g/mol. The SMILES string of the molecule is CCCCS(=O)(=O)N(C)Cc1cccc(C(=N)N)c1. The fraction of sp³-hybridized carbons (Fsp3) is 0.462. The lowest BCUT2D eigenvalue weighted by molar-refractivity contribution is 0.465. The van der Waals surface area contributed by atoms with Crippen molar-refractivity contribution in [2.75, 3.05) is 12.8 Å². The second-order valence-electron chi connectivity index (χ2n) is 4.54. The summed E-state index contributed by atoms with van der Waals surface area (Å²) in [4.78, 5) is 0. The van der Waals surface area contributed by atoms with Gasteiger partial charge >= 0.3 is 0 Å². The molecule has 5 nitrogen and oxygen atoms in total. The fourth-order valence-corrected chi connectivity index (χ4v) is 2.99. The molecule has 106 valence electrons. The number of nitrogens with one attached hydrogen (secondary N) is 1. The Morgan fingerprint density at radius 1 is 1.42 bits per heavy atom. The van der Waals surface area contributed by atoms with Gasteiger partial charge in [0.1, 0.15) is 5.84 Å². The van der Waals surface area contributed by atoms with E-state index in [1.807, 2.05) is 13.0 Å². The third-order valence-electron chi connectivity index (χ3n) is 2.87. The van der Waals surface area contributed by atoms with Gasteiger partial charge in [-0.05, 0) is 18.1 Å². The number of hydrogen-bond donors (Lipinski definition) is 2. The molecule has 1 rings (SSSR count). The first-order valence-corrected chi connectivity index (χ1v) is 7.85. The number of nitrogens with two attached hydrogens (primary N) is 1. The minimum absolute atomic E-state index is 0.0154. The first-order valence-electron chi connectivity index (χ1n) is 6.24. The van der Waals surface area contributed by atoms with Crippen LogP contribution < -0.4 is 5.73 Å². The van der Waals surface area contributed by atoms with Gasteiger partial charge in [0.25, 0.3) is 0 Å². The van der Waals surface area contributed by atoms with Crippen molar-refractivity contribution in [1.82, 2.24) is 4.31 Å². The number of benzene rings is 1. The molecule has 0 aromatic heterocycles. The van der Waals surface area contributed by atoms with Crippen LogP contribution in [-0.4, -0.2) is 31.4 Å². The number of nitrogen functional groups attached to an aromatic ring is 1. The van der Waals surface area contributed by atoms with Gasteiger partial charge in [0, 0.05) is 19.2 Å². The lowest BCUT2D eigenvalue weighted by Gasteiger charge is -2.17. The zero-order chi connectivity index (χ0) is 14.5. The lowest BCUT2D eigenvalue weighted by atomic mass is 10.1. The summed E-state index contributed by atoms with van der Waals surface area (Å²) in [6.07, 6.45) is 1.52. The van der Waals surface area contributed by atoms with Crippen LogP contribution in [0.3, 0.4) is 0 Å². The predicted octanol–water partition coefficient (Wildman–Crippen LogP) is 1.53. The molecule has 19 heavy (non-hydrogen) atoms. The summed E-state index contributed by atoms with van der Waals surface area (Å²) in [5.41, 5.74) is 6.85. The Morgan fingerprint density at radius 2 is 2.11 bits per heavy atom. The minimum Gasteiger partial charge on any atom is -0.384 e. The third-order valence-corrected chi connectivity index (χ3v) is 4.76. The Bertz CT molecular complexity index is 541. The molecular formula is C13H21N3O2S. The molecule has 1 aromatic rings. The summed E-state index contributed by atoms with van der Waals surface area (Å²) in [5, 5.41) is 7.37. The van der Waals surface area contributed by atoms with E-state index in [0.29, 0.717) is 18.5 Å². The van der Waals surface area contributed by atoms with E-state index in [4.69, 9.17) is 11.1 Å². The molecule has 0 bridgehead atoms. The van der Waals surface area contributed by atoms with Gasteiger partial charge in [-0.15, -0.1) is 0 Å². The molecule has 3 N–H and O–H groups in total. The van der Waals surface area contributed by atoms with Crippen LogP contribution in [0.1, 0.15) is 30.9 Å². The van der Waals surface area contributed by atoms with Crippen molar-refractivity contribution in [3.63, 3.8) is 0 Å². The van der Waals surface area contributed by atoms with Crippen LogP contribution in [-0.2, 0) is 16.6 Å². The summed E-state index contributed by atoms with van der Waals surface area (Å²) in [6.45, 7) is 2.26. The molecule has 1 aromatic carbocycles. The van der Waals surface area contributed by atoms with Crippen molar-refractivity contribution in [2.45, 2.75) is 26.3 Å². The number of sulfonamides is 1. The highest BCUT2D eigenvalue weighted by molar-refractivity contribution is 7.89. The van der Waals surface area contributed by atoms with E-state index in [9.17, 15) is 8.42 Å². The number of amidine groups is 1. The van der Waals surface area contributed by atoms with Crippen molar-refractivity contribution in [3.05, 3.63) is 35.4 Å². The maximum absolute atomic E-state index is 12.0. The minimum atomic E-state index is -3.21. The Kier molecular flexibility index (Phi) is 5.50. The number of hydrogen-bond acceptors (Lipinski definition) is 3. The maximum atomic E-state index is 12.0. The maximum Gasteiger partial charge on any atom is 0.214 e. The first-order chi connectivity index (χ1) is 8.86. The summed E-state index contributed by atoms with van der Waals surface area (Å²) in [7, 11) is -1.63. The van der Waals surface area contributed by atoms with E-state index in [1.165, 1.54) is 4.31 Å².